The van der Waals surface area contributed by atoms with Crippen molar-refractivity contribution >= 4 is 56.6 Å². The zero-order valence-corrected chi connectivity index (χ0v) is 36.7. The number of ether oxygens (including phenoxy) is 3. The molecule has 60 heavy (non-hydrogen) atoms. The number of hydrogen-bond donors (Lipinski definition) is 0. The Labute approximate surface area is 359 Å². The number of anilines is 1. The first-order valence-corrected chi connectivity index (χ1v) is 21.4. The van der Waals surface area contributed by atoms with Crippen molar-refractivity contribution < 1.29 is 19.0 Å². The van der Waals surface area contributed by atoms with Gasteiger partial charge in [-0.2, -0.15) is 10.2 Å². The highest BCUT2D eigenvalue weighted by Gasteiger charge is 2.38. The summed E-state index contributed by atoms with van der Waals surface area (Å²) in [6, 6.07) is 14.2. The number of aryl methyl sites for hydroxylation is 5. The molecule has 6 heterocycles. The lowest BCUT2D eigenvalue weighted by Crippen LogP contribution is -2.42. The normalized spacial score (nSPS) is 15.7. The minimum atomic E-state index is -0.104. The van der Waals surface area contributed by atoms with Gasteiger partial charge in [0, 0.05) is 90.1 Å². The Morgan fingerprint density at radius 1 is 0.950 bits per heavy atom. The zero-order chi connectivity index (χ0) is 42.0. The van der Waals surface area contributed by atoms with Gasteiger partial charge in [-0.3, -0.25) is 14.2 Å². The van der Waals surface area contributed by atoms with Crippen LogP contribution in [0, 0.1) is 33.6 Å². The maximum atomic E-state index is 15.5. The molecule has 12 nitrogen and oxygen atoms in total. The van der Waals surface area contributed by atoms with Gasteiger partial charge in [0.2, 0.25) is 0 Å². The molecule has 0 N–H and O–H groups in total. The summed E-state index contributed by atoms with van der Waals surface area (Å²) in [5.41, 5.74) is 11.1. The van der Waals surface area contributed by atoms with Crippen molar-refractivity contribution in [2.24, 2.45) is 13.0 Å². The maximum Gasteiger partial charge on any atom is 0.275 e. The smallest absolute Gasteiger partial charge is 0.275 e. The summed E-state index contributed by atoms with van der Waals surface area (Å²) in [7, 11) is 3.66. The molecule has 1 saturated heterocycles. The number of carbonyl (C=O) groups excluding carboxylic acids is 1. The molecule has 9 rings (SSSR count). The molecule has 1 atom stereocenters. The number of benzene rings is 3. The van der Waals surface area contributed by atoms with Crippen LogP contribution in [0.5, 0.6) is 5.75 Å². The summed E-state index contributed by atoms with van der Waals surface area (Å²) in [5.74, 6) is 1.81. The number of nitrogens with zero attached hydrogens (tertiary/aromatic N) is 8. The standard InChI is InChI=1S/C46H50Cl2N8O4/c1-26-17-33(18-27(2)42(26)48)60-15-8-9-34-35-11-12-37(47)41(40-29(4)50-52(6)30(40)5)43(35)56-28(3)20-55(46(57)44(34)56)39-22-53(14-16-58-7)38-13-10-32(19-36(38)39)45-49-25-54(51-45)21-31-23-59-24-31/h10-13,17-19,22,25,28,31H,8-9,14-16,20-21,23-24H2,1-7H3. The van der Waals surface area contributed by atoms with Crippen LogP contribution in [-0.2, 0) is 36.0 Å². The first-order chi connectivity index (χ1) is 28.9. The van der Waals surface area contributed by atoms with E-state index in [-0.39, 0.29) is 11.9 Å². The van der Waals surface area contributed by atoms with Gasteiger partial charge in [0.05, 0.1) is 53.9 Å². The maximum absolute atomic E-state index is 15.5. The van der Waals surface area contributed by atoms with Crippen LogP contribution in [0.1, 0.15) is 58.0 Å². The molecular formula is C46H50Cl2N8O4. The summed E-state index contributed by atoms with van der Waals surface area (Å²) in [5, 5.41) is 12.9. The Morgan fingerprint density at radius 3 is 2.43 bits per heavy atom. The number of aromatic nitrogens is 7. The van der Waals surface area contributed by atoms with Gasteiger partial charge in [0.1, 0.15) is 17.8 Å². The highest BCUT2D eigenvalue weighted by atomic mass is 35.5. The molecule has 312 valence electrons. The van der Waals surface area contributed by atoms with Crippen molar-refractivity contribution in [2.75, 3.05) is 45.0 Å². The van der Waals surface area contributed by atoms with Crippen LogP contribution in [0.2, 0.25) is 10.0 Å². The molecular weight excluding hydrogens is 799 g/mol. The lowest BCUT2D eigenvalue weighted by atomic mass is 9.98. The summed E-state index contributed by atoms with van der Waals surface area (Å²) >= 11 is 13.6. The highest BCUT2D eigenvalue weighted by Crippen LogP contribution is 2.46. The molecule has 14 heteroatoms. The molecule has 1 unspecified atom stereocenters. The number of rotatable bonds is 13. The van der Waals surface area contributed by atoms with Crippen molar-refractivity contribution in [3.05, 3.63) is 98.8 Å². The van der Waals surface area contributed by atoms with E-state index in [0.29, 0.717) is 61.6 Å². The number of hydrogen-bond acceptors (Lipinski definition) is 7. The average Bonchev–Trinajstić information content (AvgIpc) is 3.97. The van der Waals surface area contributed by atoms with Crippen molar-refractivity contribution in [2.45, 2.75) is 66.6 Å². The third-order valence-electron chi connectivity index (χ3n) is 12.2. The van der Waals surface area contributed by atoms with E-state index in [0.717, 1.165) is 103 Å². The molecule has 1 amide bonds. The van der Waals surface area contributed by atoms with Crippen LogP contribution in [0.3, 0.4) is 0 Å². The Balaban J connectivity index is 1.15. The van der Waals surface area contributed by atoms with E-state index in [4.69, 9.17) is 47.6 Å². The Hall–Kier alpha value is -5.14. The van der Waals surface area contributed by atoms with Gasteiger partial charge in [-0.25, -0.2) is 4.98 Å². The third kappa shape index (κ3) is 6.97. The molecule has 0 aliphatic carbocycles. The second-order valence-electron chi connectivity index (χ2n) is 16.4. The molecule has 3 aromatic carbocycles. The molecule has 0 bridgehead atoms. The highest BCUT2D eigenvalue weighted by molar-refractivity contribution is 6.35. The van der Waals surface area contributed by atoms with Gasteiger partial charge in [-0.15, -0.1) is 0 Å². The van der Waals surface area contributed by atoms with E-state index in [1.807, 2.05) is 60.3 Å². The predicted molar refractivity (Wildman–Crippen MR) is 237 cm³/mol. The van der Waals surface area contributed by atoms with Gasteiger partial charge in [-0.1, -0.05) is 29.3 Å². The predicted octanol–water partition coefficient (Wildman–Crippen LogP) is 9.32. The summed E-state index contributed by atoms with van der Waals surface area (Å²) in [6.45, 7) is 14.6. The average molecular weight is 850 g/mol. The molecule has 0 spiro atoms. The van der Waals surface area contributed by atoms with E-state index < -0.39 is 0 Å². The van der Waals surface area contributed by atoms with E-state index in [2.05, 4.69) is 58.4 Å². The molecule has 1 fully saturated rings. The second kappa shape index (κ2) is 16.0. The van der Waals surface area contributed by atoms with Crippen molar-refractivity contribution in [1.82, 2.24) is 33.7 Å². The van der Waals surface area contributed by atoms with Crippen LogP contribution in [0.15, 0.2) is 55.0 Å². The summed E-state index contributed by atoms with van der Waals surface area (Å²) in [6.07, 6.45) is 5.18. The lowest BCUT2D eigenvalue weighted by molar-refractivity contribution is -0.0408. The summed E-state index contributed by atoms with van der Waals surface area (Å²) < 4.78 is 25.4. The van der Waals surface area contributed by atoms with Crippen molar-refractivity contribution in [3.8, 4) is 28.3 Å². The van der Waals surface area contributed by atoms with Gasteiger partial charge < -0.3 is 28.2 Å². The number of halogens is 2. The van der Waals surface area contributed by atoms with Crippen LogP contribution in [0.4, 0.5) is 5.69 Å². The van der Waals surface area contributed by atoms with E-state index in [1.54, 1.807) is 13.4 Å². The fourth-order valence-corrected chi connectivity index (χ4v) is 9.47. The van der Waals surface area contributed by atoms with Crippen molar-refractivity contribution in [3.63, 3.8) is 0 Å². The Kier molecular flexibility index (Phi) is 10.8. The van der Waals surface area contributed by atoms with Crippen LogP contribution in [0.25, 0.3) is 44.3 Å². The molecule has 4 aromatic heterocycles. The number of amides is 1. The SMILES string of the molecule is COCCn1cc(N2CC(C)n3c(c(CCCOc4cc(C)c(Cl)c(C)c4)c4ccc(Cl)c(-c5c(C)nn(C)c5C)c43)C2=O)c2cc(-c3ncn(CC4COC4)n3)ccc21. The van der Waals surface area contributed by atoms with Gasteiger partial charge in [0.15, 0.2) is 5.82 Å². The van der Waals surface area contributed by atoms with E-state index in [9.17, 15) is 0 Å². The fraction of sp³-hybridized carbons (Fsp3) is 0.391. The topological polar surface area (TPSA) is 106 Å². The van der Waals surface area contributed by atoms with Crippen molar-refractivity contribution in [1.29, 1.82) is 0 Å². The van der Waals surface area contributed by atoms with Crippen LogP contribution < -0.4 is 9.64 Å². The Bertz CT molecular complexity index is 2770. The molecule has 0 radical (unpaired) electrons. The molecule has 2 aliphatic rings. The first kappa shape index (κ1) is 40.3. The van der Waals surface area contributed by atoms with Crippen LogP contribution in [-0.4, -0.2) is 79.7 Å². The molecule has 2 aliphatic heterocycles. The fourth-order valence-electron chi connectivity index (χ4n) is 9.11. The van der Waals surface area contributed by atoms with Gasteiger partial charge in [0.25, 0.3) is 5.91 Å². The number of fused-ring (bicyclic) bond motifs is 4. The minimum Gasteiger partial charge on any atom is -0.494 e. The first-order valence-electron chi connectivity index (χ1n) is 20.6. The number of methoxy groups -OCH3 is 1. The third-order valence-corrected chi connectivity index (χ3v) is 13.1. The van der Waals surface area contributed by atoms with Gasteiger partial charge in [-0.05, 0) is 101 Å². The zero-order valence-electron chi connectivity index (χ0n) is 35.2. The molecule has 0 saturated carbocycles. The quantitative estimate of drug-likeness (QED) is 0.107. The van der Waals surface area contributed by atoms with E-state index in [1.165, 1.54) is 0 Å². The van der Waals surface area contributed by atoms with Crippen LogP contribution >= 0.6 is 23.2 Å². The second-order valence-corrected chi connectivity index (χ2v) is 17.2. The monoisotopic (exact) mass is 848 g/mol. The van der Waals surface area contributed by atoms with E-state index >= 15 is 4.79 Å². The minimum absolute atomic E-state index is 0.0628. The Morgan fingerprint density at radius 2 is 1.73 bits per heavy atom. The lowest BCUT2D eigenvalue weighted by Gasteiger charge is -2.34. The largest absolute Gasteiger partial charge is 0.494 e. The number of carbonyl (C=O) groups is 1. The summed E-state index contributed by atoms with van der Waals surface area (Å²) in [4.78, 5) is 22.1. The van der Waals surface area contributed by atoms with Gasteiger partial charge >= 0.3 is 0 Å². The molecule has 7 aromatic rings.